The van der Waals surface area contributed by atoms with Gasteiger partial charge in [0.25, 0.3) is 0 Å². The fourth-order valence-electron chi connectivity index (χ4n) is 3.42. The standard InChI is InChI=1S/C17H25NO/c1-5-18-16(14-10-17(14,3)4)12-6-7-15-13(9-12)8-11(2)19-15/h6-7,9,11,14,16,18H,5,8,10H2,1-4H3. The molecule has 0 aromatic heterocycles. The zero-order valence-electron chi connectivity index (χ0n) is 12.5. The van der Waals surface area contributed by atoms with Crippen LogP contribution in [0, 0.1) is 11.3 Å². The molecule has 0 radical (unpaired) electrons. The van der Waals surface area contributed by atoms with Crippen LogP contribution in [0.3, 0.4) is 0 Å². The highest BCUT2D eigenvalue weighted by atomic mass is 16.5. The van der Waals surface area contributed by atoms with E-state index in [4.69, 9.17) is 4.74 Å². The van der Waals surface area contributed by atoms with Gasteiger partial charge in [0.15, 0.2) is 0 Å². The lowest BCUT2D eigenvalue weighted by Crippen LogP contribution is -2.24. The van der Waals surface area contributed by atoms with Gasteiger partial charge in [-0.1, -0.05) is 32.9 Å². The van der Waals surface area contributed by atoms with Crippen LogP contribution in [-0.4, -0.2) is 12.6 Å². The van der Waals surface area contributed by atoms with Gasteiger partial charge in [0.1, 0.15) is 11.9 Å². The third kappa shape index (κ3) is 2.38. The van der Waals surface area contributed by atoms with Crippen molar-refractivity contribution in [3.63, 3.8) is 0 Å². The molecule has 0 amide bonds. The molecule has 3 rings (SSSR count). The maximum absolute atomic E-state index is 5.80. The molecule has 1 heterocycles. The van der Waals surface area contributed by atoms with Crippen molar-refractivity contribution in [3.8, 4) is 5.75 Å². The summed E-state index contributed by atoms with van der Waals surface area (Å²) in [5, 5.41) is 3.68. The first-order chi connectivity index (χ1) is 9.01. The topological polar surface area (TPSA) is 21.3 Å². The minimum Gasteiger partial charge on any atom is -0.490 e. The SMILES string of the molecule is CCNC(c1ccc2c(c1)CC(C)O2)C1CC1(C)C. The fraction of sp³-hybridized carbons (Fsp3) is 0.647. The maximum Gasteiger partial charge on any atom is 0.123 e. The first kappa shape index (κ1) is 13.0. The lowest BCUT2D eigenvalue weighted by molar-refractivity contribution is 0.254. The molecule has 2 heteroatoms. The van der Waals surface area contributed by atoms with Crippen LogP contribution in [-0.2, 0) is 6.42 Å². The highest BCUT2D eigenvalue weighted by Gasteiger charge is 2.50. The number of rotatable bonds is 4. The Morgan fingerprint density at radius 2 is 2.16 bits per heavy atom. The molecule has 19 heavy (non-hydrogen) atoms. The van der Waals surface area contributed by atoms with Crippen molar-refractivity contribution in [3.05, 3.63) is 29.3 Å². The zero-order valence-corrected chi connectivity index (χ0v) is 12.5. The monoisotopic (exact) mass is 259 g/mol. The third-order valence-electron chi connectivity index (χ3n) is 4.70. The predicted molar refractivity (Wildman–Crippen MR) is 78.5 cm³/mol. The van der Waals surface area contributed by atoms with E-state index >= 15 is 0 Å². The molecule has 104 valence electrons. The summed E-state index contributed by atoms with van der Waals surface area (Å²) in [4.78, 5) is 0. The Balaban J connectivity index is 1.86. The van der Waals surface area contributed by atoms with E-state index in [1.165, 1.54) is 17.5 Å². The summed E-state index contributed by atoms with van der Waals surface area (Å²) in [7, 11) is 0. The Morgan fingerprint density at radius 1 is 1.42 bits per heavy atom. The summed E-state index contributed by atoms with van der Waals surface area (Å²) in [6, 6.07) is 7.27. The normalized spacial score (nSPS) is 28.6. The van der Waals surface area contributed by atoms with Crippen molar-refractivity contribution in [1.29, 1.82) is 0 Å². The lowest BCUT2D eigenvalue weighted by Gasteiger charge is -2.21. The molecule has 1 aromatic rings. The molecule has 1 saturated carbocycles. The second-order valence-corrected chi connectivity index (χ2v) is 6.83. The van der Waals surface area contributed by atoms with Crippen molar-refractivity contribution in [2.45, 2.75) is 52.7 Å². The molecular weight excluding hydrogens is 234 g/mol. The average Bonchev–Trinajstić information content (AvgIpc) is 2.81. The predicted octanol–water partition coefficient (Wildman–Crippen LogP) is 3.71. The van der Waals surface area contributed by atoms with E-state index in [0.29, 0.717) is 17.6 Å². The van der Waals surface area contributed by atoms with Crippen LogP contribution in [0.4, 0.5) is 0 Å². The molecule has 1 aliphatic heterocycles. The van der Waals surface area contributed by atoms with Gasteiger partial charge in [0.2, 0.25) is 0 Å². The number of hydrogen-bond acceptors (Lipinski definition) is 2. The summed E-state index contributed by atoms with van der Waals surface area (Å²) in [5.41, 5.74) is 3.32. The molecule has 2 nitrogen and oxygen atoms in total. The molecule has 2 aliphatic rings. The molecule has 0 spiro atoms. The Bertz CT molecular complexity index is 480. The van der Waals surface area contributed by atoms with Gasteiger partial charge in [0, 0.05) is 12.5 Å². The van der Waals surface area contributed by atoms with Gasteiger partial charge in [-0.25, -0.2) is 0 Å². The van der Waals surface area contributed by atoms with Gasteiger partial charge in [-0.3, -0.25) is 0 Å². The molecule has 1 aromatic carbocycles. The molecule has 3 atom stereocenters. The number of ether oxygens (including phenoxy) is 1. The van der Waals surface area contributed by atoms with E-state index in [1.807, 2.05) is 0 Å². The first-order valence-corrected chi connectivity index (χ1v) is 7.54. The fourth-order valence-corrected chi connectivity index (χ4v) is 3.42. The number of benzene rings is 1. The van der Waals surface area contributed by atoms with E-state index in [9.17, 15) is 0 Å². The minimum absolute atomic E-state index is 0.334. The van der Waals surface area contributed by atoms with Crippen LogP contribution in [0.1, 0.15) is 51.3 Å². The van der Waals surface area contributed by atoms with Crippen molar-refractivity contribution < 1.29 is 4.74 Å². The second-order valence-electron chi connectivity index (χ2n) is 6.83. The van der Waals surface area contributed by atoms with E-state index in [-0.39, 0.29) is 0 Å². The van der Waals surface area contributed by atoms with Crippen LogP contribution < -0.4 is 10.1 Å². The van der Waals surface area contributed by atoms with Crippen molar-refractivity contribution in [2.75, 3.05) is 6.54 Å². The Kier molecular flexibility index (Phi) is 3.09. The highest BCUT2D eigenvalue weighted by Crippen LogP contribution is 2.57. The van der Waals surface area contributed by atoms with Gasteiger partial charge in [-0.05, 0) is 48.4 Å². The molecule has 1 aliphatic carbocycles. The van der Waals surface area contributed by atoms with Gasteiger partial charge in [0.05, 0.1) is 0 Å². The summed E-state index contributed by atoms with van der Waals surface area (Å²) in [5.74, 6) is 1.85. The highest BCUT2D eigenvalue weighted by molar-refractivity contribution is 5.42. The largest absolute Gasteiger partial charge is 0.490 e. The summed E-state index contributed by atoms with van der Waals surface area (Å²) >= 11 is 0. The van der Waals surface area contributed by atoms with Crippen molar-refractivity contribution in [1.82, 2.24) is 5.32 Å². The number of fused-ring (bicyclic) bond motifs is 1. The molecule has 1 fully saturated rings. The number of hydrogen-bond donors (Lipinski definition) is 1. The molecule has 0 saturated heterocycles. The Morgan fingerprint density at radius 3 is 2.79 bits per heavy atom. The lowest BCUT2D eigenvalue weighted by atomic mass is 9.95. The van der Waals surface area contributed by atoms with Crippen LogP contribution >= 0.6 is 0 Å². The Hall–Kier alpha value is -1.02. The zero-order chi connectivity index (χ0) is 13.6. The molecule has 0 bridgehead atoms. The van der Waals surface area contributed by atoms with Gasteiger partial charge >= 0.3 is 0 Å². The van der Waals surface area contributed by atoms with Crippen LogP contribution in [0.2, 0.25) is 0 Å². The van der Waals surface area contributed by atoms with Gasteiger partial charge < -0.3 is 10.1 Å². The smallest absolute Gasteiger partial charge is 0.123 e. The second kappa shape index (κ2) is 4.52. The molecular formula is C17H25NO. The summed E-state index contributed by atoms with van der Waals surface area (Å²) in [6.07, 6.45) is 2.71. The van der Waals surface area contributed by atoms with Crippen LogP contribution in [0.15, 0.2) is 18.2 Å². The van der Waals surface area contributed by atoms with Crippen LogP contribution in [0.25, 0.3) is 0 Å². The first-order valence-electron chi connectivity index (χ1n) is 7.54. The van der Waals surface area contributed by atoms with E-state index in [2.05, 4.69) is 51.2 Å². The summed E-state index contributed by atoms with van der Waals surface area (Å²) in [6.45, 7) is 10.1. The van der Waals surface area contributed by atoms with Crippen molar-refractivity contribution in [2.24, 2.45) is 11.3 Å². The van der Waals surface area contributed by atoms with Gasteiger partial charge in [-0.15, -0.1) is 0 Å². The van der Waals surface area contributed by atoms with E-state index < -0.39 is 0 Å². The third-order valence-corrected chi connectivity index (χ3v) is 4.70. The maximum atomic E-state index is 5.80. The van der Waals surface area contributed by atoms with Gasteiger partial charge in [-0.2, -0.15) is 0 Å². The van der Waals surface area contributed by atoms with E-state index in [1.54, 1.807) is 0 Å². The molecule has 3 unspecified atom stereocenters. The quantitative estimate of drug-likeness (QED) is 0.890. The minimum atomic E-state index is 0.334. The average molecular weight is 259 g/mol. The summed E-state index contributed by atoms with van der Waals surface area (Å²) < 4.78 is 5.80. The molecule has 1 N–H and O–H groups in total. The van der Waals surface area contributed by atoms with Crippen molar-refractivity contribution >= 4 is 0 Å². The van der Waals surface area contributed by atoms with E-state index in [0.717, 1.165) is 24.6 Å². The Labute approximate surface area is 116 Å². The van der Waals surface area contributed by atoms with Crippen LogP contribution in [0.5, 0.6) is 5.75 Å². The number of nitrogens with one attached hydrogen (secondary N) is 1.